The molecule has 0 amide bonds. The smallest absolute Gasteiger partial charge is 0.107 e. The van der Waals surface area contributed by atoms with Gasteiger partial charge in [0.05, 0.1) is 17.4 Å². The zero-order valence-electron chi connectivity index (χ0n) is 6.29. The zero-order chi connectivity index (χ0) is 8.43. The Bertz CT molecular complexity index is 296. The molecule has 0 fully saturated rings. The second-order valence-corrected chi connectivity index (χ2v) is 2.23. The minimum atomic E-state index is -1.28. The van der Waals surface area contributed by atoms with Crippen LogP contribution in [0.5, 0.6) is 0 Å². The summed E-state index contributed by atoms with van der Waals surface area (Å²) in [7, 11) is 0. The van der Waals surface area contributed by atoms with Gasteiger partial charge < -0.3 is 9.90 Å². The van der Waals surface area contributed by atoms with Crippen LogP contribution in [-0.4, -0.2) is 15.9 Å². The van der Waals surface area contributed by atoms with E-state index in [0.29, 0.717) is 11.4 Å². The largest absolute Gasteiger partial charge is 0.543 e. The molecular formula is C7H7N2O2-. The molecule has 0 radical (unpaired) electrons. The number of carbonyl (C=O) groups is 1. The van der Waals surface area contributed by atoms with Crippen molar-refractivity contribution < 1.29 is 9.90 Å². The summed E-state index contributed by atoms with van der Waals surface area (Å²) in [5, 5.41) is 10.4. The third-order valence-corrected chi connectivity index (χ3v) is 1.27. The van der Waals surface area contributed by atoms with Crippen LogP contribution in [0.25, 0.3) is 0 Å². The second-order valence-electron chi connectivity index (χ2n) is 2.23. The van der Waals surface area contributed by atoms with E-state index in [4.69, 9.17) is 0 Å². The first-order valence-electron chi connectivity index (χ1n) is 3.13. The summed E-state index contributed by atoms with van der Waals surface area (Å²) in [6.45, 7) is 3.26. The molecule has 0 bridgehead atoms. The van der Waals surface area contributed by atoms with E-state index >= 15 is 0 Å². The summed E-state index contributed by atoms with van der Waals surface area (Å²) in [4.78, 5) is 17.9. The lowest BCUT2D eigenvalue weighted by Gasteiger charge is -2.04. The highest BCUT2D eigenvalue weighted by Gasteiger charge is 2.01. The molecule has 0 aliphatic carbocycles. The number of nitrogens with zero attached hydrogens (tertiary/aromatic N) is 2. The number of carbonyl (C=O) groups excluding carboxylic acids is 1. The molecule has 4 heteroatoms. The van der Waals surface area contributed by atoms with Gasteiger partial charge in [0.25, 0.3) is 0 Å². The van der Waals surface area contributed by atoms with Crippen LogP contribution in [0.1, 0.15) is 21.9 Å². The number of aromatic nitrogens is 2. The highest BCUT2D eigenvalue weighted by Crippen LogP contribution is 1.99. The van der Waals surface area contributed by atoms with Gasteiger partial charge in [-0.05, 0) is 13.8 Å². The Morgan fingerprint density at radius 2 is 2.18 bits per heavy atom. The average molecular weight is 151 g/mol. The first kappa shape index (κ1) is 7.65. The molecule has 1 rings (SSSR count). The van der Waals surface area contributed by atoms with Gasteiger partial charge in [-0.1, -0.05) is 0 Å². The van der Waals surface area contributed by atoms with Crippen molar-refractivity contribution in [3.63, 3.8) is 0 Å². The van der Waals surface area contributed by atoms with Gasteiger partial charge in [-0.2, -0.15) is 0 Å². The van der Waals surface area contributed by atoms with E-state index in [1.165, 1.54) is 6.20 Å². The fourth-order valence-corrected chi connectivity index (χ4v) is 0.731. The average Bonchev–Trinajstić information content (AvgIpc) is 1.94. The molecule has 0 aliphatic rings. The van der Waals surface area contributed by atoms with E-state index in [0.717, 1.165) is 0 Å². The summed E-state index contributed by atoms with van der Waals surface area (Å²) in [5.41, 5.74) is 0.885. The molecule has 1 aromatic rings. The Morgan fingerprint density at radius 3 is 2.64 bits per heavy atom. The van der Waals surface area contributed by atoms with Gasteiger partial charge in [0.1, 0.15) is 5.69 Å². The van der Waals surface area contributed by atoms with E-state index in [2.05, 4.69) is 9.97 Å². The van der Waals surface area contributed by atoms with Gasteiger partial charge >= 0.3 is 0 Å². The van der Waals surface area contributed by atoms with Crippen molar-refractivity contribution in [3.05, 3.63) is 23.3 Å². The lowest BCUT2D eigenvalue weighted by atomic mass is 10.3. The highest BCUT2D eigenvalue weighted by molar-refractivity contribution is 5.84. The summed E-state index contributed by atoms with van der Waals surface area (Å²) in [6.07, 6.45) is 1.52. The normalized spacial score (nSPS) is 9.64. The minimum Gasteiger partial charge on any atom is -0.543 e. The predicted molar refractivity (Wildman–Crippen MR) is 35.8 cm³/mol. The van der Waals surface area contributed by atoms with Crippen LogP contribution in [0.4, 0.5) is 0 Å². The van der Waals surface area contributed by atoms with Crippen molar-refractivity contribution in [1.82, 2.24) is 9.97 Å². The van der Waals surface area contributed by atoms with Crippen molar-refractivity contribution in [1.29, 1.82) is 0 Å². The quantitative estimate of drug-likeness (QED) is 0.540. The van der Waals surface area contributed by atoms with Crippen LogP contribution in [0, 0.1) is 13.8 Å². The van der Waals surface area contributed by atoms with Crippen molar-refractivity contribution in [2.24, 2.45) is 0 Å². The van der Waals surface area contributed by atoms with Crippen LogP contribution in [0.15, 0.2) is 6.20 Å². The molecule has 1 aromatic heterocycles. The Labute approximate surface area is 63.9 Å². The van der Waals surface area contributed by atoms with Crippen LogP contribution in [0.2, 0.25) is 0 Å². The van der Waals surface area contributed by atoms with Crippen molar-refractivity contribution >= 4 is 5.97 Å². The summed E-state index contributed by atoms with van der Waals surface area (Å²) in [5.74, 6) is -1.28. The van der Waals surface area contributed by atoms with Gasteiger partial charge in [0.2, 0.25) is 0 Å². The molecule has 0 spiro atoms. The fourth-order valence-electron chi connectivity index (χ4n) is 0.731. The summed E-state index contributed by atoms with van der Waals surface area (Å²) in [6, 6.07) is 0. The number of aryl methyl sites for hydroxylation is 2. The van der Waals surface area contributed by atoms with Gasteiger partial charge in [-0.3, -0.25) is 4.98 Å². The highest BCUT2D eigenvalue weighted by atomic mass is 16.4. The van der Waals surface area contributed by atoms with Crippen LogP contribution in [-0.2, 0) is 0 Å². The van der Waals surface area contributed by atoms with E-state index in [1.807, 2.05) is 0 Å². The van der Waals surface area contributed by atoms with E-state index in [-0.39, 0.29) is 5.69 Å². The van der Waals surface area contributed by atoms with Gasteiger partial charge in [-0.15, -0.1) is 0 Å². The summed E-state index contributed by atoms with van der Waals surface area (Å²) < 4.78 is 0. The third-order valence-electron chi connectivity index (χ3n) is 1.27. The molecule has 1 heterocycles. The molecule has 11 heavy (non-hydrogen) atoms. The SMILES string of the molecule is Cc1cnc(C)c(C(=O)[O-])n1. The fraction of sp³-hybridized carbons (Fsp3) is 0.286. The lowest BCUT2D eigenvalue weighted by molar-refractivity contribution is -0.255. The van der Waals surface area contributed by atoms with Gasteiger partial charge in [-0.25, -0.2) is 4.98 Å². The topological polar surface area (TPSA) is 65.9 Å². The van der Waals surface area contributed by atoms with E-state index in [9.17, 15) is 9.90 Å². The van der Waals surface area contributed by atoms with Crippen molar-refractivity contribution in [3.8, 4) is 0 Å². The Morgan fingerprint density at radius 1 is 1.55 bits per heavy atom. The number of aromatic carboxylic acids is 1. The zero-order valence-corrected chi connectivity index (χ0v) is 6.29. The predicted octanol–water partition coefficient (Wildman–Crippen LogP) is -0.543. The third kappa shape index (κ3) is 1.52. The van der Waals surface area contributed by atoms with E-state index in [1.54, 1.807) is 13.8 Å². The molecule has 0 unspecified atom stereocenters. The van der Waals surface area contributed by atoms with Crippen LogP contribution in [0.3, 0.4) is 0 Å². The monoisotopic (exact) mass is 151 g/mol. The number of carboxylic acids is 1. The maximum absolute atomic E-state index is 10.4. The number of rotatable bonds is 1. The standard InChI is InChI=1S/C7H8N2O2/c1-4-3-8-5(2)6(9-4)7(10)11/h3H,1-2H3,(H,10,11)/p-1. The molecule has 0 saturated heterocycles. The number of carboxylic acid groups (broad SMARTS) is 1. The van der Waals surface area contributed by atoms with Crippen molar-refractivity contribution in [2.75, 3.05) is 0 Å². The first-order chi connectivity index (χ1) is 5.11. The van der Waals surface area contributed by atoms with Gasteiger partial charge in [0, 0.05) is 6.20 Å². The Balaban J connectivity index is 3.23. The second kappa shape index (κ2) is 2.65. The first-order valence-corrected chi connectivity index (χ1v) is 3.13. The number of hydrogen-bond donors (Lipinski definition) is 0. The molecule has 0 aromatic carbocycles. The molecule has 0 atom stereocenters. The Kier molecular flexibility index (Phi) is 1.85. The molecule has 0 saturated carbocycles. The maximum Gasteiger partial charge on any atom is 0.107 e. The minimum absolute atomic E-state index is 0.0787. The van der Waals surface area contributed by atoms with Crippen molar-refractivity contribution in [2.45, 2.75) is 13.8 Å². The molecule has 0 aliphatic heterocycles. The number of hydrogen-bond acceptors (Lipinski definition) is 4. The lowest BCUT2D eigenvalue weighted by Crippen LogP contribution is -2.25. The Hall–Kier alpha value is -1.45. The molecular weight excluding hydrogens is 144 g/mol. The van der Waals surface area contributed by atoms with Gasteiger partial charge in [0.15, 0.2) is 0 Å². The maximum atomic E-state index is 10.4. The molecule has 0 N–H and O–H groups in total. The van der Waals surface area contributed by atoms with E-state index < -0.39 is 5.97 Å². The summed E-state index contributed by atoms with van der Waals surface area (Å²) >= 11 is 0. The van der Waals surface area contributed by atoms with Crippen LogP contribution < -0.4 is 5.11 Å². The molecule has 58 valence electrons. The van der Waals surface area contributed by atoms with Crippen LogP contribution >= 0.6 is 0 Å². The molecule has 4 nitrogen and oxygen atoms in total.